The quantitative estimate of drug-likeness (QED) is 0.132. The van der Waals surface area contributed by atoms with Crippen molar-refractivity contribution in [3.63, 3.8) is 0 Å². The second-order valence-electron chi connectivity index (χ2n) is 14.0. The summed E-state index contributed by atoms with van der Waals surface area (Å²) in [6, 6.07) is 22.7. The van der Waals surface area contributed by atoms with E-state index in [4.69, 9.17) is 9.47 Å². The summed E-state index contributed by atoms with van der Waals surface area (Å²) in [4.78, 5) is 57.6. The van der Waals surface area contributed by atoms with Gasteiger partial charge in [-0.25, -0.2) is 28.0 Å². The number of piperazine rings is 2. The highest BCUT2D eigenvalue weighted by molar-refractivity contribution is 9.08. The summed E-state index contributed by atoms with van der Waals surface area (Å²) < 4.78 is 47.6. The lowest BCUT2D eigenvalue weighted by Gasteiger charge is -2.36. The maximum absolute atomic E-state index is 14.8. The number of hydrogen-bond acceptors (Lipinski definition) is 10. The average molecular weight is 928 g/mol. The third-order valence-corrected chi connectivity index (χ3v) is 10.5. The standard InChI is InChI=1S/C22H26FN3O4.C13H19N3O2.C9H8BrFO2.CH4/c1-24-10-12-25(13-11-24)22(28)26(19-6-4-5-7-20(19)29-2)15-17-9-8-16(14-18(17)23)21(27)30-3;1-15-7-9-16(10-8-15)13(17)14-11-5-3-4-6-12(11)18-2;1-13-9(12)6-2-3-7(5-10)8(11)4-6;/h4-9,14H,10-13,15H2,1-3H3;3-6H,7-10H2,1-2H3,(H,14,17);2-4H,5H2,1H3;1H4. The molecule has 2 aliphatic heterocycles. The lowest BCUT2D eigenvalue weighted by atomic mass is 10.1. The highest BCUT2D eigenvalue weighted by atomic mass is 79.9. The summed E-state index contributed by atoms with van der Waals surface area (Å²) in [6.45, 7) is 6.07. The number of benzene rings is 4. The first-order valence-corrected chi connectivity index (χ1v) is 20.5. The molecular weight excluding hydrogens is 870 g/mol. The summed E-state index contributed by atoms with van der Waals surface area (Å²) in [5.41, 5.74) is 2.42. The second-order valence-corrected chi connectivity index (χ2v) is 14.5. The van der Waals surface area contributed by atoms with Crippen LogP contribution in [0.5, 0.6) is 11.5 Å². The molecule has 0 unspecified atom stereocenters. The minimum Gasteiger partial charge on any atom is -0.495 e. The number of halogens is 3. The van der Waals surface area contributed by atoms with Crippen molar-refractivity contribution in [3.8, 4) is 11.5 Å². The summed E-state index contributed by atoms with van der Waals surface area (Å²) in [6.07, 6.45) is 0. The molecule has 14 nitrogen and oxygen atoms in total. The summed E-state index contributed by atoms with van der Waals surface area (Å²) in [7, 11) is 9.71. The predicted octanol–water partition coefficient (Wildman–Crippen LogP) is 7.61. The molecule has 4 aromatic carbocycles. The maximum atomic E-state index is 14.8. The van der Waals surface area contributed by atoms with E-state index in [0.29, 0.717) is 46.9 Å². The van der Waals surface area contributed by atoms with Crippen molar-refractivity contribution < 1.29 is 46.9 Å². The molecule has 4 amide bonds. The van der Waals surface area contributed by atoms with Crippen LogP contribution in [-0.2, 0) is 21.3 Å². The Kier molecular flexibility index (Phi) is 20.6. The molecule has 2 aliphatic rings. The smallest absolute Gasteiger partial charge is 0.337 e. The van der Waals surface area contributed by atoms with Gasteiger partial charge in [0.25, 0.3) is 0 Å². The highest BCUT2D eigenvalue weighted by Crippen LogP contribution is 2.31. The number of urea groups is 2. The molecule has 2 heterocycles. The fourth-order valence-corrected chi connectivity index (χ4v) is 6.67. The first kappa shape index (κ1) is 50.6. The van der Waals surface area contributed by atoms with Crippen LogP contribution in [0.3, 0.4) is 0 Å². The number of carbonyl (C=O) groups excluding carboxylic acids is 4. The number of ether oxygens (including phenoxy) is 4. The van der Waals surface area contributed by atoms with Gasteiger partial charge in [-0.2, -0.15) is 0 Å². The minimum absolute atomic E-state index is 0. The predicted molar refractivity (Wildman–Crippen MR) is 240 cm³/mol. The summed E-state index contributed by atoms with van der Waals surface area (Å²) in [5, 5.41) is 3.32. The molecule has 0 radical (unpaired) electrons. The number of rotatable bonds is 9. The molecule has 0 aliphatic carbocycles. The molecule has 6 rings (SSSR count). The van der Waals surface area contributed by atoms with Crippen LogP contribution < -0.4 is 19.7 Å². The molecule has 2 saturated heterocycles. The number of methoxy groups -OCH3 is 4. The molecule has 2 fully saturated rings. The van der Waals surface area contributed by atoms with Crippen molar-refractivity contribution in [2.75, 3.05) is 105 Å². The molecule has 0 atom stereocenters. The lowest BCUT2D eigenvalue weighted by Crippen LogP contribution is -2.52. The Bertz CT molecular complexity index is 2100. The van der Waals surface area contributed by atoms with Crippen molar-refractivity contribution >= 4 is 51.3 Å². The van der Waals surface area contributed by atoms with Gasteiger partial charge >= 0.3 is 24.0 Å². The van der Waals surface area contributed by atoms with Crippen LogP contribution in [0, 0.1) is 11.6 Å². The van der Waals surface area contributed by atoms with Crippen molar-refractivity contribution in [2.24, 2.45) is 0 Å². The van der Waals surface area contributed by atoms with E-state index >= 15 is 0 Å². The Labute approximate surface area is 371 Å². The normalized spacial score (nSPS) is 13.8. The molecule has 0 aromatic heterocycles. The van der Waals surface area contributed by atoms with Crippen LogP contribution in [0.15, 0.2) is 84.9 Å². The van der Waals surface area contributed by atoms with E-state index in [2.05, 4.69) is 47.6 Å². The zero-order valence-corrected chi connectivity index (χ0v) is 36.9. The number of amides is 4. The van der Waals surface area contributed by atoms with E-state index in [9.17, 15) is 28.0 Å². The molecule has 0 spiro atoms. The van der Waals surface area contributed by atoms with Gasteiger partial charge in [0.1, 0.15) is 23.1 Å². The van der Waals surface area contributed by atoms with Crippen molar-refractivity contribution in [1.29, 1.82) is 0 Å². The van der Waals surface area contributed by atoms with E-state index in [1.165, 1.54) is 50.5 Å². The van der Waals surface area contributed by atoms with Crippen LogP contribution in [0.2, 0.25) is 0 Å². The number of esters is 2. The highest BCUT2D eigenvalue weighted by Gasteiger charge is 2.28. The number of carbonyl (C=O) groups is 4. The minimum atomic E-state index is -0.615. The maximum Gasteiger partial charge on any atom is 0.337 e. The first-order chi connectivity index (χ1) is 29.3. The molecule has 336 valence electrons. The Morgan fingerprint density at radius 2 is 1.11 bits per heavy atom. The zero-order valence-electron chi connectivity index (χ0n) is 35.3. The van der Waals surface area contributed by atoms with E-state index in [1.54, 1.807) is 36.3 Å². The van der Waals surface area contributed by atoms with Crippen LogP contribution in [0.4, 0.5) is 29.7 Å². The number of likely N-dealkylation sites (N-methyl/N-ethyl adjacent to an activating group) is 2. The van der Waals surface area contributed by atoms with Gasteiger partial charge in [0, 0.05) is 63.3 Å². The number of nitrogens with one attached hydrogen (secondary N) is 1. The number of alkyl halides is 1. The number of anilines is 2. The van der Waals surface area contributed by atoms with E-state index in [-0.39, 0.29) is 42.7 Å². The van der Waals surface area contributed by atoms with Crippen LogP contribution in [0.1, 0.15) is 39.3 Å². The second kappa shape index (κ2) is 25.2. The number of nitrogens with zero attached hydrogens (tertiary/aromatic N) is 5. The van der Waals surface area contributed by atoms with E-state index < -0.39 is 23.6 Å². The van der Waals surface area contributed by atoms with Gasteiger partial charge in [-0.15, -0.1) is 0 Å². The monoisotopic (exact) mass is 926 g/mol. The van der Waals surface area contributed by atoms with Gasteiger partial charge < -0.3 is 43.9 Å². The Hall–Kier alpha value is -5.78. The van der Waals surface area contributed by atoms with Gasteiger partial charge in [0.05, 0.1) is 57.5 Å². The van der Waals surface area contributed by atoms with E-state index in [1.807, 2.05) is 42.3 Å². The molecule has 4 aromatic rings. The third kappa shape index (κ3) is 14.1. The van der Waals surface area contributed by atoms with Crippen molar-refractivity contribution in [3.05, 3.63) is 119 Å². The van der Waals surface area contributed by atoms with Crippen LogP contribution >= 0.6 is 15.9 Å². The SMILES string of the molecule is C.COC(=O)c1ccc(CBr)c(F)c1.COC(=O)c1ccc(CN(C(=O)N2CCN(C)CC2)c2ccccc2OC)c(F)c1.COc1ccccc1NC(=O)N1CCN(C)CC1. The lowest BCUT2D eigenvalue weighted by molar-refractivity contribution is 0.0591. The molecular formula is C45H57BrF2N6O8. The summed E-state index contributed by atoms with van der Waals surface area (Å²) in [5.74, 6) is -0.925. The van der Waals surface area contributed by atoms with Gasteiger partial charge in [-0.05, 0) is 68.2 Å². The number of para-hydroxylation sites is 4. The molecule has 1 N–H and O–H groups in total. The van der Waals surface area contributed by atoms with Crippen LogP contribution in [-0.4, -0.2) is 138 Å². The van der Waals surface area contributed by atoms with E-state index in [0.717, 1.165) is 45.3 Å². The van der Waals surface area contributed by atoms with Gasteiger partial charge in [-0.3, -0.25) is 4.90 Å². The van der Waals surface area contributed by atoms with Crippen LogP contribution in [0.25, 0.3) is 0 Å². The fraction of sp³-hybridized carbons (Fsp3) is 0.378. The summed E-state index contributed by atoms with van der Waals surface area (Å²) >= 11 is 3.13. The van der Waals surface area contributed by atoms with Crippen molar-refractivity contribution in [1.82, 2.24) is 19.6 Å². The first-order valence-electron chi connectivity index (χ1n) is 19.4. The third-order valence-electron chi connectivity index (χ3n) is 9.94. The Morgan fingerprint density at radius 1 is 0.645 bits per heavy atom. The van der Waals surface area contributed by atoms with Crippen molar-refractivity contribution in [2.45, 2.75) is 19.3 Å². The largest absolute Gasteiger partial charge is 0.495 e. The molecule has 17 heteroatoms. The fourth-order valence-electron chi connectivity index (χ4n) is 6.22. The Balaban J connectivity index is 0.000000272. The number of hydrogen-bond donors (Lipinski definition) is 1. The molecule has 0 bridgehead atoms. The average Bonchev–Trinajstić information content (AvgIpc) is 3.28. The molecule has 62 heavy (non-hydrogen) atoms. The van der Waals surface area contributed by atoms with Gasteiger partial charge in [-0.1, -0.05) is 59.8 Å². The van der Waals surface area contributed by atoms with Gasteiger partial charge in [0.2, 0.25) is 0 Å². The molecule has 0 saturated carbocycles. The zero-order chi connectivity index (χ0) is 44.5. The topological polar surface area (TPSA) is 133 Å². The van der Waals surface area contributed by atoms with Gasteiger partial charge in [0.15, 0.2) is 0 Å². The Morgan fingerprint density at radius 3 is 1.60 bits per heavy atom.